The van der Waals surface area contributed by atoms with E-state index in [2.05, 4.69) is 29.5 Å². The molecule has 6 nitrogen and oxygen atoms in total. The summed E-state index contributed by atoms with van der Waals surface area (Å²) in [6.45, 7) is 6.88. The average Bonchev–Trinajstić information content (AvgIpc) is 2.71. The predicted octanol–water partition coefficient (Wildman–Crippen LogP) is 3.83. The number of amides is 2. The van der Waals surface area contributed by atoms with Crippen LogP contribution in [-0.4, -0.2) is 31.5 Å². The molecule has 0 aliphatic heterocycles. The van der Waals surface area contributed by atoms with Gasteiger partial charge in [0.2, 0.25) is 5.91 Å². The fraction of sp³-hybridized carbons (Fsp3) is 0.273. The zero-order valence-electron chi connectivity index (χ0n) is 16.2. The Bertz CT molecular complexity index is 788. The maximum atomic E-state index is 12.1. The molecule has 0 aliphatic rings. The molecule has 0 aromatic heterocycles. The first kappa shape index (κ1) is 21.0. The van der Waals surface area contributed by atoms with E-state index in [1.807, 2.05) is 12.1 Å². The van der Waals surface area contributed by atoms with Gasteiger partial charge in [-0.25, -0.2) is 0 Å². The Morgan fingerprint density at radius 3 is 2.61 bits per heavy atom. The molecule has 0 saturated carbocycles. The van der Waals surface area contributed by atoms with Gasteiger partial charge in [0, 0.05) is 29.5 Å². The van der Waals surface area contributed by atoms with Crippen molar-refractivity contribution in [3.05, 3.63) is 66.7 Å². The molecule has 3 N–H and O–H groups in total. The number of benzene rings is 2. The molecule has 0 unspecified atom stereocenters. The number of nitrogens with one attached hydrogen (secondary N) is 3. The highest BCUT2D eigenvalue weighted by Gasteiger charge is 2.06. The standard InChI is InChI=1S/C22H27N3O3/c1-3-5-13-23-22(27)17-9-11-18(12-10-17)24-16-21(26)25-19-7-6-8-20(15-19)28-14-4-2/h4,6-12,15,24H,2-3,5,13-14,16H2,1H3,(H,23,27)(H,25,26). The van der Waals surface area contributed by atoms with Crippen molar-refractivity contribution in [3.63, 3.8) is 0 Å². The first-order chi connectivity index (χ1) is 13.6. The van der Waals surface area contributed by atoms with Crippen molar-refractivity contribution in [2.45, 2.75) is 19.8 Å². The molecule has 2 aromatic carbocycles. The van der Waals surface area contributed by atoms with Crippen LogP contribution in [0, 0.1) is 0 Å². The lowest BCUT2D eigenvalue weighted by atomic mass is 10.2. The fourth-order valence-electron chi connectivity index (χ4n) is 2.43. The van der Waals surface area contributed by atoms with E-state index in [1.54, 1.807) is 42.5 Å². The van der Waals surface area contributed by atoms with Crippen molar-refractivity contribution in [2.24, 2.45) is 0 Å². The molecule has 0 fully saturated rings. The summed E-state index contributed by atoms with van der Waals surface area (Å²) in [7, 11) is 0. The zero-order valence-corrected chi connectivity index (χ0v) is 16.2. The van der Waals surface area contributed by atoms with E-state index in [0.717, 1.165) is 18.5 Å². The van der Waals surface area contributed by atoms with E-state index < -0.39 is 0 Å². The largest absolute Gasteiger partial charge is 0.489 e. The molecule has 0 aliphatic carbocycles. The molecule has 0 bridgehead atoms. The summed E-state index contributed by atoms with van der Waals surface area (Å²) >= 11 is 0. The number of anilines is 2. The van der Waals surface area contributed by atoms with E-state index in [1.165, 1.54) is 0 Å². The summed E-state index contributed by atoms with van der Waals surface area (Å²) in [5.74, 6) is 0.400. The summed E-state index contributed by atoms with van der Waals surface area (Å²) in [6.07, 6.45) is 3.66. The highest BCUT2D eigenvalue weighted by Crippen LogP contribution is 2.17. The first-order valence-corrected chi connectivity index (χ1v) is 9.38. The van der Waals surface area contributed by atoms with Crippen LogP contribution in [0.1, 0.15) is 30.1 Å². The summed E-state index contributed by atoms with van der Waals surface area (Å²) in [5, 5.41) is 8.73. The molecular weight excluding hydrogens is 354 g/mol. The van der Waals surface area contributed by atoms with Crippen LogP contribution in [0.5, 0.6) is 5.75 Å². The predicted molar refractivity (Wildman–Crippen MR) is 113 cm³/mol. The van der Waals surface area contributed by atoms with Crippen LogP contribution in [-0.2, 0) is 4.79 Å². The van der Waals surface area contributed by atoms with Gasteiger partial charge in [-0.05, 0) is 42.8 Å². The van der Waals surface area contributed by atoms with E-state index in [-0.39, 0.29) is 18.4 Å². The molecule has 0 radical (unpaired) electrons. The van der Waals surface area contributed by atoms with Crippen molar-refractivity contribution in [1.29, 1.82) is 0 Å². The van der Waals surface area contributed by atoms with Gasteiger partial charge < -0.3 is 20.7 Å². The minimum atomic E-state index is -0.178. The second kappa shape index (κ2) is 11.4. The second-order valence-corrected chi connectivity index (χ2v) is 6.22. The number of carbonyl (C=O) groups is 2. The third kappa shape index (κ3) is 7.15. The molecule has 0 spiro atoms. The monoisotopic (exact) mass is 381 g/mol. The van der Waals surface area contributed by atoms with E-state index >= 15 is 0 Å². The van der Waals surface area contributed by atoms with Crippen LogP contribution in [0.3, 0.4) is 0 Å². The van der Waals surface area contributed by atoms with Gasteiger partial charge in [-0.15, -0.1) is 0 Å². The number of carbonyl (C=O) groups excluding carboxylic acids is 2. The van der Waals surface area contributed by atoms with Crippen molar-refractivity contribution in [2.75, 3.05) is 30.3 Å². The Hall–Kier alpha value is -3.28. The highest BCUT2D eigenvalue weighted by atomic mass is 16.5. The third-order valence-corrected chi connectivity index (χ3v) is 3.90. The number of ether oxygens (including phenoxy) is 1. The van der Waals surface area contributed by atoms with Gasteiger partial charge in [0.1, 0.15) is 12.4 Å². The molecule has 0 saturated heterocycles. The lowest BCUT2D eigenvalue weighted by Crippen LogP contribution is -2.24. The summed E-state index contributed by atoms with van der Waals surface area (Å²) in [4.78, 5) is 24.1. The van der Waals surface area contributed by atoms with Crippen LogP contribution in [0.25, 0.3) is 0 Å². The smallest absolute Gasteiger partial charge is 0.251 e. The van der Waals surface area contributed by atoms with Gasteiger partial charge in [0.25, 0.3) is 5.91 Å². The average molecular weight is 381 g/mol. The lowest BCUT2D eigenvalue weighted by Gasteiger charge is -2.10. The van der Waals surface area contributed by atoms with Gasteiger partial charge in [0.15, 0.2) is 0 Å². The van der Waals surface area contributed by atoms with E-state index in [4.69, 9.17) is 4.74 Å². The Morgan fingerprint density at radius 2 is 1.89 bits per heavy atom. The first-order valence-electron chi connectivity index (χ1n) is 9.38. The van der Waals surface area contributed by atoms with Crippen molar-refractivity contribution in [1.82, 2.24) is 5.32 Å². The Labute approximate surface area is 166 Å². The van der Waals surface area contributed by atoms with Gasteiger partial charge in [-0.3, -0.25) is 9.59 Å². The molecule has 2 aromatic rings. The molecule has 148 valence electrons. The second-order valence-electron chi connectivity index (χ2n) is 6.22. The number of hydrogen-bond donors (Lipinski definition) is 3. The summed E-state index contributed by atoms with van der Waals surface area (Å²) in [6, 6.07) is 14.2. The van der Waals surface area contributed by atoms with Gasteiger partial charge >= 0.3 is 0 Å². The van der Waals surface area contributed by atoms with Crippen molar-refractivity contribution >= 4 is 23.2 Å². The minimum absolute atomic E-state index is 0.0868. The molecular formula is C22H27N3O3. The quantitative estimate of drug-likeness (QED) is 0.408. The lowest BCUT2D eigenvalue weighted by molar-refractivity contribution is -0.114. The number of rotatable bonds is 11. The number of hydrogen-bond acceptors (Lipinski definition) is 4. The molecule has 2 rings (SSSR count). The van der Waals surface area contributed by atoms with Crippen LogP contribution < -0.4 is 20.7 Å². The summed E-state index contributed by atoms with van der Waals surface area (Å²) in [5.41, 5.74) is 2.03. The number of unbranched alkanes of at least 4 members (excludes halogenated alkanes) is 1. The van der Waals surface area contributed by atoms with E-state index in [0.29, 0.717) is 30.2 Å². The zero-order chi connectivity index (χ0) is 20.2. The van der Waals surface area contributed by atoms with Crippen LogP contribution >= 0.6 is 0 Å². The van der Waals surface area contributed by atoms with Crippen LogP contribution in [0.15, 0.2) is 61.2 Å². The normalized spacial score (nSPS) is 10.0. The summed E-state index contributed by atoms with van der Waals surface area (Å²) < 4.78 is 5.45. The van der Waals surface area contributed by atoms with Gasteiger partial charge in [-0.1, -0.05) is 32.1 Å². The van der Waals surface area contributed by atoms with Crippen LogP contribution in [0.2, 0.25) is 0 Å². The van der Waals surface area contributed by atoms with Gasteiger partial charge in [-0.2, -0.15) is 0 Å². The molecule has 28 heavy (non-hydrogen) atoms. The molecule has 0 atom stereocenters. The van der Waals surface area contributed by atoms with Gasteiger partial charge in [0.05, 0.1) is 6.54 Å². The SMILES string of the molecule is C=CCOc1cccc(NC(=O)CNc2ccc(C(=O)NCCCC)cc2)c1. The Morgan fingerprint density at radius 1 is 1.11 bits per heavy atom. The Balaban J connectivity index is 1.81. The third-order valence-electron chi connectivity index (χ3n) is 3.90. The van der Waals surface area contributed by atoms with Crippen LogP contribution in [0.4, 0.5) is 11.4 Å². The minimum Gasteiger partial charge on any atom is -0.489 e. The maximum absolute atomic E-state index is 12.1. The van der Waals surface area contributed by atoms with Crippen molar-refractivity contribution in [3.8, 4) is 5.75 Å². The Kier molecular flexibility index (Phi) is 8.59. The highest BCUT2D eigenvalue weighted by molar-refractivity contribution is 5.95. The molecule has 2 amide bonds. The van der Waals surface area contributed by atoms with Crippen molar-refractivity contribution < 1.29 is 14.3 Å². The maximum Gasteiger partial charge on any atom is 0.251 e. The van der Waals surface area contributed by atoms with E-state index in [9.17, 15) is 9.59 Å². The topological polar surface area (TPSA) is 79.5 Å². The molecule has 0 heterocycles. The fourth-order valence-corrected chi connectivity index (χ4v) is 2.43. The molecule has 6 heteroatoms.